The van der Waals surface area contributed by atoms with E-state index in [2.05, 4.69) is 12.1 Å². The highest BCUT2D eigenvalue weighted by molar-refractivity contribution is 5.58. The minimum Gasteiger partial charge on any atom is -0.381 e. The van der Waals surface area contributed by atoms with Gasteiger partial charge in [-0.3, -0.25) is 0 Å². The Kier molecular flexibility index (Phi) is 4.11. The maximum Gasteiger partial charge on any atom is 0.163 e. The van der Waals surface area contributed by atoms with Crippen molar-refractivity contribution in [2.75, 3.05) is 13.2 Å². The summed E-state index contributed by atoms with van der Waals surface area (Å²) in [6, 6.07) is 18.3. The van der Waals surface area contributed by atoms with Gasteiger partial charge in [-0.05, 0) is 24.1 Å². The van der Waals surface area contributed by atoms with E-state index >= 15 is 0 Å². The number of nitrogens with zero attached hydrogens (tertiary/aromatic N) is 3. The summed E-state index contributed by atoms with van der Waals surface area (Å²) in [7, 11) is 0. The van der Waals surface area contributed by atoms with Crippen molar-refractivity contribution < 1.29 is 4.74 Å². The van der Waals surface area contributed by atoms with Gasteiger partial charge >= 0.3 is 0 Å². The maximum atomic E-state index is 5.70. The number of nitrogens with two attached hydrogens (primary N) is 1. The molecule has 0 bridgehead atoms. The summed E-state index contributed by atoms with van der Waals surface area (Å²) < 4.78 is 7.42. The van der Waals surface area contributed by atoms with Crippen molar-refractivity contribution in [3.05, 3.63) is 66.0 Å². The van der Waals surface area contributed by atoms with E-state index in [1.54, 1.807) is 0 Å². The highest BCUT2D eigenvalue weighted by atomic mass is 16.5. The van der Waals surface area contributed by atoms with E-state index in [-0.39, 0.29) is 5.92 Å². The van der Waals surface area contributed by atoms with Crippen molar-refractivity contribution in [3.63, 3.8) is 0 Å². The van der Waals surface area contributed by atoms with Gasteiger partial charge in [0.05, 0.1) is 12.3 Å². The summed E-state index contributed by atoms with van der Waals surface area (Å²) in [5.41, 5.74) is 8.85. The molecule has 2 aromatic carbocycles. The fourth-order valence-corrected chi connectivity index (χ4v) is 2.97. The fraction of sp³-hybridized carbons (Fsp3) is 0.263. The zero-order valence-corrected chi connectivity index (χ0v) is 13.4. The molecule has 0 saturated carbocycles. The second-order valence-electron chi connectivity index (χ2n) is 6.00. The molecule has 5 heteroatoms. The van der Waals surface area contributed by atoms with E-state index in [0.717, 1.165) is 41.5 Å². The maximum absolute atomic E-state index is 5.70. The third-order valence-electron chi connectivity index (χ3n) is 4.37. The molecule has 1 aliphatic heterocycles. The molecule has 122 valence electrons. The molecule has 0 spiro atoms. The highest BCUT2D eigenvalue weighted by Gasteiger charge is 2.24. The fourth-order valence-electron chi connectivity index (χ4n) is 2.97. The number of aromatic nitrogens is 3. The Hall–Kier alpha value is -2.50. The van der Waals surface area contributed by atoms with Crippen LogP contribution in [0.15, 0.2) is 54.6 Å². The summed E-state index contributed by atoms with van der Waals surface area (Å²) >= 11 is 0. The molecule has 4 rings (SSSR count). The summed E-state index contributed by atoms with van der Waals surface area (Å²) in [6.07, 6.45) is 0.977. The first-order valence-corrected chi connectivity index (χ1v) is 8.24. The SMILES string of the molecule is NCc1ccc(-c2nc(C3CCOC3)nn2-c2ccccc2)cc1. The quantitative estimate of drug-likeness (QED) is 0.803. The van der Waals surface area contributed by atoms with Crippen LogP contribution in [0.2, 0.25) is 0 Å². The molecule has 0 radical (unpaired) electrons. The third kappa shape index (κ3) is 2.84. The molecule has 1 aliphatic rings. The van der Waals surface area contributed by atoms with Crippen molar-refractivity contribution in [1.29, 1.82) is 0 Å². The number of para-hydroxylation sites is 1. The Labute approximate surface area is 141 Å². The standard InChI is InChI=1S/C19H20N4O/c20-12-14-6-8-15(9-7-14)19-21-18(16-10-11-24-13-16)22-23(19)17-4-2-1-3-5-17/h1-9,16H,10-13,20H2. The van der Waals surface area contributed by atoms with Crippen LogP contribution < -0.4 is 5.73 Å². The van der Waals surface area contributed by atoms with E-state index in [1.807, 2.05) is 47.1 Å². The van der Waals surface area contributed by atoms with Gasteiger partial charge in [0, 0.05) is 24.6 Å². The topological polar surface area (TPSA) is 66.0 Å². The number of hydrogen-bond acceptors (Lipinski definition) is 4. The Morgan fingerprint density at radius 3 is 2.54 bits per heavy atom. The molecule has 1 unspecified atom stereocenters. The Balaban J connectivity index is 1.80. The number of ether oxygens (including phenoxy) is 1. The van der Waals surface area contributed by atoms with Crippen molar-refractivity contribution in [2.24, 2.45) is 5.73 Å². The van der Waals surface area contributed by atoms with Crippen LogP contribution in [0.25, 0.3) is 17.1 Å². The first-order chi connectivity index (χ1) is 11.8. The van der Waals surface area contributed by atoms with Gasteiger partial charge in [-0.15, -0.1) is 0 Å². The normalized spacial score (nSPS) is 17.3. The molecule has 0 aliphatic carbocycles. The van der Waals surface area contributed by atoms with Crippen LogP contribution in [-0.2, 0) is 11.3 Å². The largest absolute Gasteiger partial charge is 0.381 e. The number of hydrogen-bond donors (Lipinski definition) is 1. The van der Waals surface area contributed by atoms with Gasteiger partial charge in [-0.1, -0.05) is 42.5 Å². The van der Waals surface area contributed by atoms with Crippen molar-refractivity contribution in [2.45, 2.75) is 18.9 Å². The molecule has 0 amide bonds. The summed E-state index contributed by atoms with van der Waals surface area (Å²) in [4.78, 5) is 4.83. The first-order valence-electron chi connectivity index (χ1n) is 8.24. The zero-order chi connectivity index (χ0) is 16.4. The number of benzene rings is 2. The molecular formula is C19H20N4O. The van der Waals surface area contributed by atoms with Gasteiger partial charge in [-0.2, -0.15) is 5.10 Å². The lowest BCUT2D eigenvalue weighted by Gasteiger charge is -2.06. The van der Waals surface area contributed by atoms with Crippen molar-refractivity contribution in [3.8, 4) is 17.1 Å². The molecule has 2 N–H and O–H groups in total. The van der Waals surface area contributed by atoms with Gasteiger partial charge in [0.25, 0.3) is 0 Å². The van der Waals surface area contributed by atoms with Crippen LogP contribution in [0.4, 0.5) is 0 Å². The molecular weight excluding hydrogens is 300 g/mol. The predicted molar refractivity (Wildman–Crippen MR) is 92.9 cm³/mol. The summed E-state index contributed by atoms with van der Waals surface area (Å²) in [5.74, 6) is 1.98. The monoisotopic (exact) mass is 320 g/mol. The Morgan fingerprint density at radius 2 is 1.88 bits per heavy atom. The van der Waals surface area contributed by atoms with Gasteiger partial charge in [-0.25, -0.2) is 9.67 Å². The number of rotatable bonds is 4. The average Bonchev–Trinajstić information content (AvgIpc) is 3.32. The molecule has 5 nitrogen and oxygen atoms in total. The van der Waals surface area contributed by atoms with Crippen LogP contribution in [0.3, 0.4) is 0 Å². The van der Waals surface area contributed by atoms with Crippen LogP contribution in [0, 0.1) is 0 Å². The summed E-state index contributed by atoms with van der Waals surface area (Å²) in [5, 5.41) is 4.78. The Bertz CT molecular complexity index is 805. The lowest BCUT2D eigenvalue weighted by atomic mass is 10.1. The van der Waals surface area contributed by atoms with E-state index in [1.165, 1.54) is 0 Å². The smallest absolute Gasteiger partial charge is 0.163 e. The average molecular weight is 320 g/mol. The van der Waals surface area contributed by atoms with Gasteiger partial charge in [0.2, 0.25) is 0 Å². The zero-order valence-electron chi connectivity index (χ0n) is 13.4. The van der Waals surface area contributed by atoms with Crippen LogP contribution >= 0.6 is 0 Å². The van der Waals surface area contributed by atoms with Gasteiger partial charge < -0.3 is 10.5 Å². The highest BCUT2D eigenvalue weighted by Crippen LogP contribution is 2.27. The molecule has 1 fully saturated rings. The molecule has 1 saturated heterocycles. The van der Waals surface area contributed by atoms with Crippen molar-refractivity contribution in [1.82, 2.24) is 14.8 Å². The second kappa shape index (κ2) is 6.55. The van der Waals surface area contributed by atoms with E-state index in [4.69, 9.17) is 20.6 Å². The molecule has 1 aromatic heterocycles. The summed E-state index contributed by atoms with van der Waals surface area (Å²) in [6.45, 7) is 2.02. The van der Waals surface area contributed by atoms with Gasteiger partial charge in [0.15, 0.2) is 11.6 Å². The van der Waals surface area contributed by atoms with Crippen molar-refractivity contribution >= 4 is 0 Å². The molecule has 1 atom stereocenters. The van der Waals surface area contributed by atoms with Crippen LogP contribution in [0.1, 0.15) is 23.7 Å². The third-order valence-corrected chi connectivity index (χ3v) is 4.37. The van der Waals surface area contributed by atoms with Crippen LogP contribution in [-0.4, -0.2) is 28.0 Å². The lowest BCUT2D eigenvalue weighted by molar-refractivity contribution is 0.193. The lowest BCUT2D eigenvalue weighted by Crippen LogP contribution is -2.02. The first kappa shape index (κ1) is 15.1. The molecule has 2 heterocycles. The minimum atomic E-state index is 0.275. The molecule has 24 heavy (non-hydrogen) atoms. The van der Waals surface area contributed by atoms with Gasteiger partial charge in [0.1, 0.15) is 0 Å². The minimum absolute atomic E-state index is 0.275. The van der Waals surface area contributed by atoms with E-state index < -0.39 is 0 Å². The Morgan fingerprint density at radius 1 is 1.08 bits per heavy atom. The molecule has 3 aromatic rings. The second-order valence-corrected chi connectivity index (χ2v) is 6.00. The van der Waals surface area contributed by atoms with Crippen LogP contribution in [0.5, 0.6) is 0 Å². The van der Waals surface area contributed by atoms with E-state index in [9.17, 15) is 0 Å². The predicted octanol–water partition coefficient (Wildman–Crippen LogP) is 2.90. The van der Waals surface area contributed by atoms with E-state index in [0.29, 0.717) is 13.2 Å².